The van der Waals surface area contributed by atoms with Crippen molar-refractivity contribution >= 4 is 45.2 Å². The molecule has 0 aliphatic rings. The molecule has 2 amide bonds. The lowest BCUT2D eigenvalue weighted by molar-refractivity contribution is -0.115. The van der Waals surface area contributed by atoms with E-state index < -0.39 is 0 Å². The van der Waals surface area contributed by atoms with Gasteiger partial charge in [-0.05, 0) is 48.9 Å². The van der Waals surface area contributed by atoms with Crippen LogP contribution < -0.4 is 10.6 Å². The number of anilines is 1. The highest BCUT2D eigenvalue weighted by Gasteiger charge is 2.14. The summed E-state index contributed by atoms with van der Waals surface area (Å²) in [6, 6.07) is 14.9. The van der Waals surface area contributed by atoms with Crippen molar-refractivity contribution in [2.45, 2.75) is 17.9 Å². The Morgan fingerprint density at radius 1 is 1.08 bits per heavy atom. The van der Waals surface area contributed by atoms with Crippen molar-refractivity contribution in [1.82, 2.24) is 5.32 Å². The van der Waals surface area contributed by atoms with Gasteiger partial charge in [0.05, 0.1) is 5.25 Å². The highest BCUT2D eigenvalue weighted by molar-refractivity contribution is 9.10. The van der Waals surface area contributed by atoms with E-state index in [2.05, 4.69) is 26.6 Å². The molecule has 0 heterocycles. The summed E-state index contributed by atoms with van der Waals surface area (Å²) in [5.41, 5.74) is 2.43. The molecular weight excluding hydrogens is 388 g/mol. The van der Waals surface area contributed by atoms with E-state index in [4.69, 9.17) is 0 Å². The molecule has 2 N–H and O–H groups in total. The molecule has 0 saturated carbocycles. The average molecular weight is 407 g/mol. The maximum Gasteiger partial charge on any atom is 0.251 e. The summed E-state index contributed by atoms with van der Waals surface area (Å²) in [5, 5.41) is 5.26. The molecule has 0 unspecified atom stereocenters. The van der Waals surface area contributed by atoms with Gasteiger partial charge in [0.25, 0.3) is 5.91 Å². The first kappa shape index (κ1) is 18.5. The summed E-state index contributed by atoms with van der Waals surface area (Å²) in [4.78, 5) is 23.7. The molecule has 24 heavy (non-hydrogen) atoms. The molecule has 0 radical (unpaired) electrons. The first-order chi connectivity index (χ1) is 11.5. The third kappa shape index (κ3) is 5.39. The van der Waals surface area contributed by atoms with Crippen LogP contribution in [0.25, 0.3) is 0 Å². The van der Waals surface area contributed by atoms with E-state index in [0.29, 0.717) is 11.3 Å². The van der Waals surface area contributed by atoms with Gasteiger partial charge in [-0.2, -0.15) is 0 Å². The fourth-order valence-corrected chi connectivity index (χ4v) is 3.08. The number of nitrogens with one attached hydrogen (secondary N) is 2. The Morgan fingerprint density at radius 2 is 1.71 bits per heavy atom. The fourth-order valence-electron chi connectivity index (χ4n) is 1.97. The van der Waals surface area contributed by atoms with Gasteiger partial charge in [0.2, 0.25) is 5.91 Å². The van der Waals surface area contributed by atoms with Crippen LogP contribution in [0.2, 0.25) is 0 Å². The second-order valence-electron chi connectivity index (χ2n) is 5.23. The summed E-state index contributed by atoms with van der Waals surface area (Å²) in [6.07, 6.45) is 0. The van der Waals surface area contributed by atoms with Crippen molar-refractivity contribution in [1.29, 1.82) is 0 Å². The Balaban J connectivity index is 1.86. The second kappa shape index (κ2) is 8.89. The SMILES string of the molecule is CNC(=O)c1ccc(NC(=O)[C@H](C)SCc2ccc(Br)cc2)cc1. The van der Waals surface area contributed by atoms with Gasteiger partial charge in [-0.25, -0.2) is 0 Å². The lowest BCUT2D eigenvalue weighted by Gasteiger charge is -2.12. The van der Waals surface area contributed by atoms with Gasteiger partial charge < -0.3 is 10.6 Å². The molecular formula is C18H19BrN2O2S. The number of carbonyl (C=O) groups is 2. The molecule has 4 nitrogen and oxygen atoms in total. The molecule has 0 aliphatic heterocycles. The Morgan fingerprint density at radius 3 is 2.29 bits per heavy atom. The third-order valence-electron chi connectivity index (χ3n) is 3.42. The number of hydrogen-bond acceptors (Lipinski definition) is 3. The minimum absolute atomic E-state index is 0.0511. The van der Waals surface area contributed by atoms with E-state index >= 15 is 0 Å². The lowest BCUT2D eigenvalue weighted by Crippen LogP contribution is -2.22. The van der Waals surface area contributed by atoms with Crippen molar-refractivity contribution in [3.05, 3.63) is 64.1 Å². The second-order valence-corrected chi connectivity index (χ2v) is 7.47. The molecule has 0 aliphatic carbocycles. The molecule has 6 heteroatoms. The number of amides is 2. The predicted octanol–water partition coefficient (Wildman–Crippen LogP) is 4.07. The number of hydrogen-bond donors (Lipinski definition) is 2. The van der Waals surface area contributed by atoms with Crippen LogP contribution in [0.15, 0.2) is 53.0 Å². The summed E-state index contributed by atoms with van der Waals surface area (Å²) in [7, 11) is 1.59. The largest absolute Gasteiger partial charge is 0.355 e. The van der Waals surface area contributed by atoms with Gasteiger partial charge in [0.15, 0.2) is 0 Å². The Labute approximate surface area is 154 Å². The molecule has 2 rings (SSSR count). The molecule has 0 aromatic heterocycles. The quantitative estimate of drug-likeness (QED) is 0.759. The van der Waals surface area contributed by atoms with Crippen LogP contribution in [0.1, 0.15) is 22.8 Å². The van der Waals surface area contributed by atoms with Crippen molar-refractivity contribution < 1.29 is 9.59 Å². The summed E-state index contributed by atoms with van der Waals surface area (Å²) < 4.78 is 1.04. The van der Waals surface area contributed by atoms with E-state index in [-0.39, 0.29) is 17.1 Å². The Kier molecular flexibility index (Phi) is 6.87. The standard InChI is InChI=1S/C18H19BrN2O2S/c1-12(24-11-13-3-7-15(19)8-4-13)17(22)21-16-9-5-14(6-10-16)18(23)20-2/h3-10,12H,11H2,1-2H3,(H,20,23)(H,21,22)/t12-/m0/s1. The number of rotatable bonds is 6. The third-order valence-corrected chi connectivity index (χ3v) is 5.17. The molecule has 0 spiro atoms. The van der Waals surface area contributed by atoms with Crippen LogP contribution in [0, 0.1) is 0 Å². The van der Waals surface area contributed by atoms with Crippen molar-refractivity contribution in [3.63, 3.8) is 0 Å². The maximum atomic E-state index is 12.2. The van der Waals surface area contributed by atoms with Gasteiger partial charge in [-0.1, -0.05) is 28.1 Å². The average Bonchev–Trinajstić information content (AvgIpc) is 2.60. The van der Waals surface area contributed by atoms with Gasteiger partial charge in [-0.15, -0.1) is 11.8 Å². The zero-order chi connectivity index (χ0) is 17.5. The molecule has 0 bridgehead atoms. The normalized spacial score (nSPS) is 11.6. The van der Waals surface area contributed by atoms with Crippen LogP contribution in [0.4, 0.5) is 5.69 Å². The molecule has 1 atom stereocenters. The van der Waals surface area contributed by atoms with Crippen LogP contribution in [-0.4, -0.2) is 24.1 Å². The van der Waals surface area contributed by atoms with E-state index in [9.17, 15) is 9.59 Å². The lowest BCUT2D eigenvalue weighted by atomic mass is 10.2. The first-order valence-electron chi connectivity index (χ1n) is 7.48. The molecule has 2 aromatic rings. The number of thioether (sulfide) groups is 1. The number of halogens is 1. The monoisotopic (exact) mass is 406 g/mol. The topological polar surface area (TPSA) is 58.2 Å². The highest BCUT2D eigenvalue weighted by atomic mass is 79.9. The van der Waals surface area contributed by atoms with Crippen LogP contribution >= 0.6 is 27.7 Å². The molecule has 0 fully saturated rings. The maximum absolute atomic E-state index is 12.2. The van der Waals surface area contributed by atoms with Gasteiger partial charge in [0, 0.05) is 28.5 Å². The minimum Gasteiger partial charge on any atom is -0.355 e. The van der Waals surface area contributed by atoms with Crippen LogP contribution in [0.5, 0.6) is 0 Å². The summed E-state index contributed by atoms with van der Waals surface area (Å²) in [5.74, 6) is 0.577. The smallest absolute Gasteiger partial charge is 0.251 e. The van der Waals surface area contributed by atoms with Crippen LogP contribution in [-0.2, 0) is 10.5 Å². The van der Waals surface area contributed by atoms with E-state index in [1.54, 1.807) is 43.1 Å². The molecule has 126 valence electrons. The minimum atomic E-state index is -0.174. The molecule has 0 saturated heterocycles. The van der Waals surface area contributed by atoms with Crippen molar-refractivity contribution in [2.75, 3.05) is 12.4 Å². The van der Waals surface area contributed by atoms with Gasteiger partial charge in [0.1, 0.15) is 0 Å². The fraction of sp³-hybridized carbons (Fsp3) is 0.222. The van der Waals surface area contributed by atoms with E-state index in [1.807, 2.05) is 31.2 Å². The highest BCUT2D eigenvalue weighted by Crippen LogP contribution is 2.21. The Bertz CT molecular complexity index is 702. The Hall–Kier alpha value is -1.79. The zero-order valence-corrected chi connectivity index (χ0v) is 15.9. The summed E-state index contributed by atoms with van der Waals surface area (Å²) in [6.45, 7) is 1.89. The predicted molar refractivity (Wildman–Crippen MR) is 103 cm³/mol. The van der Waals surface area contributed by atoms with Gasteiger partial charge >= 0.3 is 0 Å². The van der Waals surface area contributed by atoms with E-state index in [1.165, 1.54) is 5.56 Å². The van der Waals surface area contributed by atoms with Crippen LogP contribution in [0.3, 0.4) is 0 Å². The molecule has 2 aromatic carbocycles. The zero-order valence-electron chi connectivity index (χ0n) is 13.5. The summed E-state index contributed by atoms with van der Waals surface area (Å²) >= 11 is 4.99. The van der Waals surface area contributed by atoms with Crippen molar-refractivity contribution in [3.8, 4) is 0 Å². The van der Waals surface area contributed by atoms with Gasteiger partial charge in [-0.3, -0.25) is 9.59 Å². The van der Waals surface area contributed by atoms with Crippen molar-refractivity contribution in [2.24, 2.45) is 0 Å². The first-order valence-corrected chi connectivity index (χ1v) is 9.33. The number of benzene rings is 2. The van der Waals surface area contributed by atoms with E-state index in [0.717, 1.165) is 10.2 Å². The number of carbonyl (C=O) groups excluding carboxylic acids is 2.